The molecule has 0 unspecified atom stereocenters. The summed E-state index contributed by atoms with van der Waals surface area (Å²) >= 11 is 0. The van der Waals surface area contributed by atoms with E-state index in [1.165, 1.54) is 6.92 Å². The van der Waals surface area contributed by atoms with E-state index in [9.17, 15) is 39.6 Å². The molecule has 0 aromatic carbocycles. The largest absolute Gasteiger partial charge is 0.455 e. The Balaban J connectivity index is 2.08. The Morgan fingerprint density at radius 3 is 2.39 bits per heavy atom. The zero-order valence-electron chi connectivity index (χ0n) is 15.9. The third-order valence-electron chi connectivity index (χ3n) is 4.36. The number of sulfone groups is 1. The molecule has 0 aliphatic carbocycles. The van der Waals surface area contributed by atoms with Gasteiger partial charge in [0.25, 0.3) is 11.9 Å². The molecule has 2 aromatic heterocycles. The third kappa shape index (κ3) is 4.31. The zero-order chi connectivity index (χ0) is 23.4. The van der Waals surface area contributed by atoms with Gasteiger partial charge in [-0.1, -0.05) is 6.92 Å². The Labute approximate surface area is 171 Å². The molecular weight excluding hydrogens is 458 g/mol. The van der Waals surface area contributed by atoms with Crippen molar-refractivity contribution in [3.05, 3.63) is 29.1 Å². The second-order valence-electron chi connectivity index (χ2n) is 6.50. The fraction of sp³-hybridized carbons (Fsp3) is 0.438. The summed E-state index contributed by atoms with van der Waals surface area (Å²) in [5, 5.41) is -0.607. The van der Waals surface area contributed by atoms with E-state index in [1.807, 2.05) is 0 Å². The third-order valence-corrected chi connectivity index (χ3v) is 6.17. The highest BCUT2D eigenvalue weighted by Crippen LogP contribution is 2.37. The first kappa shape index (κ1) is 22.8. The minimum Gasteiger partial charge on any atom is -0.455 e. The van der Waals surface area contributed by atoms with Crippen molar-refractivity contribution in [2.75, 3.05) is 17.3 Å². The lowest BCUT2D eigenvalue weighted by molar-refractivity contribution is -0.155. The summed E-state index contributed by atoms with van der Waals surface area (Å²) in [7, 11) is -3.05. The summed E-state index contributed by atoms with van der Waals surface area (Å²) < 4.78 is 107. The molecule has 0 radical (unpaired) electrons. The van der Waals surface area contributed by atoms with Crippen molar-refractivity contribution in [1.82, 2.24) is 14.5 Å². The molecule has 1 aliphatic heterocycles. The fourth-order valence-corrected chi connectivity index (χ4v) is 4.09. The van der Waals surface area contributed by atoms with Crippen LogP contribution in [-0.2, 0) is 29.6 Å². The van der Waals surface area contributed by atoms with E-state index < -0.39 is 75.0 Å². The van der Waals surface area contributed by atoms with Crippen LogP contribution in [0.25, 0.3) is 0 Å². The van der Waals surface area contributed by atoms with Crippen LogP contribution in [0.4, 0.5) is 32.2 Å². The van der Waals surface area contributed by atoms with Gasteiger partial charge in [0.1, 0.15) is 0 Å². The van der Waals surface area contributed by atoms with Crippen molar-refractivity contribution in [3.63, 3.8) is 0 Å². The van der Waals surface area contributed by atoms with Crippen molar-refractivity contribution >= 4 is 21.6 Å². The fourth-order valence-electron chi connectivity index (χ4n) is 2.88. The highest BCUT2D eigenvalue weighted by molar-refractivity contribution is 7.91. The van der Waals surface area contributed by atoms with Crippen LogP contribution >= 0.6 is 0 Å². The molecule has 1 aliphatic rings. The van der Waals surface area contributed by atoms with Crippen LogP contribution in [0.1, 0.15) is 28.5 Å². The number of carbonyl (C=O) groups excluding carboxylic acids is 1. The molecule has 1 amide bonds. The summed E-state index contributed by atoms with van der Waals surface area (Å²) in [5.74, 6) is -2.07. The number of hydrogen-bond acceptors (Lipinski definition) is 6. The van der Waals surface area contributed by atoms with Crippen LogP contribution in [0.15, 0.2) is 17.3 Å². The first-order valence-corrected chi connectivity index (χ1v) is 10.2. The maximum Gasteiger partial charge on any atom is 0.422 e. The molecule has 2 aromatic rings. The number of fused-ring (bicyclic) bond motifs is 1. The Morgan fingerprint density at radius 2 is 1.84 bits per heavy atom. The van der Waals surface area contributed by atoms with E-state index in [2.05, 4.69) is 14.7 Å². The molecule has 0 atom stereocenters. The molecule has 0 spiro atoms. The van der Waals surface area contributed by atoms with Gasteiger partial charge in [0.15, 0.2) is 27.3 Å². The Kier molecular flexibility index (Phi) is 5.44. The van der Waals surface area contributed by atoms with E-state index in [1.54, 1.807) is 0 Å². The number of nitrogens with zero attached hydrogens (tertiary/aromatic N) is 4. The van der Waals surface area contributed by atoms with Crippen LogP contribution in [0.2, 0.25) is 0 Å². The predicted molar refractivity (Wildman–Crippen MR) is 92.2 cm³/mol. The standard InChI is InChI=1S/C16H14F6N4O4S/c1-3-31(28,29)13-11(24-14(25(13)2)30-7-15(17,18)19)26-6-10-9(12(26)27)4-8(5-23-10)16(20,21)22/h4-5H,3,6-7H2,1-2H3. The Bertz CT molecular complexity index is 1140. The summed E-state index contributed by atoms with van der Waals surface area (Å²) in [6.45, 7) is -0.929. The number of anilines is 1. The number of hydrogen-bond donors (Lipinski definition) is 0. The molecule has 31 heavy (non-hydrogen) atoms. The lowest BCUT2D eigenvalue weighted by Crippen LogP contribution is -2.26. The molecule has 8 nitrogen and oxygen atoms in total. The van der Waals surface area contributed by atoms with Gasteiger partial charge in [0.2, 0.25) is 0 Å². The molecule has 0 fully saturated rings. The van der Waals surface area contributed by atoms with Crippen LogP contribution in [0, 0.1) is 0 Å². The summed E-state index contributed by atoms with van der Waals surface area (Å²) in [4.78, 5) is 20.8. The normalized spacial score (nSPS) is 14.8. The van der Waals surface area contributed by atoms with Gasteiger partial charge in [0, 0.05) is 13.2 Å². The highest BCUT2D eigenvalue weighted by atomic mass is 32.2. The van der Waals surface area contributed by atoms with Crippen molar-refractivity contribution in [1.29, 1.82) is 0 Å². The van der Waals surface area contributed by atoms with Crippen molar-refractivity contribution in [2.24, 2.45) is 7.05 Å². The van der Waals surface area contributed by atoms with Gasteiger partial charge in [-0.2, -0.15) is 31.3 Å². The monoisotopic (exact) mass is 472 g/mol. The number of amides is 1. The van der Waals surface area contributed by atoms with Crippen molar-refractivity contribution < 1.29 is 44.3 Å². The van der Waals surface area contributed by atoms with Crippen LogP contribution in [0.5, 0.6) is 6.01 Å². The summed E-state index contributed by atoms with van der Waals surface area (Å²) in [5.41, 5.74) is -1.67. The average Bonchev–Trinajstić information content (AvgIpc) is 3.16. The van der Waals surface area contributed by atoms with Gasteiger partial charge in [-0.05, 0) is 6.07 Å². The maximum atomic E-state index is 12.9. The van der Waals surface area contributed by atoms with Gasteiger partial charge in [-0.3, -0.25) is 19.2 Å². The quantitative estimate of drug-likeness (QED) is 0.622. The molecule has 0 saturated heterocycles. The van der Waals surface area contributed by atoms with E-state index in [-0.39, 0.29) is 5.69 Å². The number of carbonyl (C=O) groups is 1. The molecular formula is C16H14F6N4O4S. The minimum absolute atomic E-state index is 0.0683. The molecule has 3 heterocycles. The van der Waals surface area contributed by atoms with Gasteiger partial charge in [-0.15, -0.1) is 0 Å². The van der Waals surface area contributed by atoms with E-state index in [0.717, 1.165) is 16.5 Å². The first-order chi connectivity index (χ1) is 14.2. The minimum atomic E-state index is -4.77. The van der Waals surface area contributed by atoms with Gasteiger partial charge < -0.3 is 4.74 Å². The number of alkyl halides is 6. The van der Waals surface area contributed by atoms with Gasteiger partial charge in [0.05, 0.1) is 29.1 Å². The molecule has 0 bridgehead atoms. The lowest BCUT2D eigenvalue weighted by Gasteiger charge is -2.14. The molecule has 0 N–H and O–H groups in total. The van der Waals surface area contributed by atoms with Gasteiger partial charge >= 0.3 is 12.4 Å². The summed E-state index contributed by atoms with van der Waals surface area (Å²) in [6, 6.07) is -0.157. The lowest BCUT2D eigenvalue weighted by atomic mass is 10.1. The van der Waals surface area contributed by atoms with Crippen LogP contribution in [-0.4, -0.2) is 47.4 Å². The molecule has 170 valence electrons. The summed E-state index contributed by atoms with van der Waals surface area (Å²) in [6.07, 6.45) is -8.99. The van der Waals surface area contributed by atoms with E-state index in [0.29, 0.717) is 12.3 Å². The van der Waals surface area contributed by atoms with Crippen LogP contribution in [0.3, 0.4) is 0 Å². The number of imidazole rings is 1. The average molecular weight is 472 g/mol. The number of halogens is 6. The Hall–Kier alpha value is -2.84. The zero-order valence-corrected chi connectivity index (χ0v) is 16.7. The topological polar surface area (TPSA) is 94.4 Å². The van der Waals surface area contributed by atoms with Crippen molar-refractivity contribution in [2.45, 2.75) is 30.8 Å². The second-order valence-corrected chi connectivity index (χ2v) is 8.69. The molecule has 3 rings (SSSR count). The van der Waals surface area contributed by atoms with E-state index >= 15 is 0 Å². The second kappa shape index (κ2) is 7.39. The maximum absolute atomic E-state index is 12.9. The van der Waals surface area contributed by atoms with Crippen LogP contribution < -0.4 is 9.64 Å². The van der Waals surface area contributed by atoms with Crippen molar-refractivity contribution in [3.8, 4) is 6.01 Å². The predicted octanol–water partition coefficient (Wildman–Crippen LogP) is 2.73. The highest BCUT2D eigenvalue weighted by Gasteiger charge is 2.40. The molecule has 15 heteroatoms. The molecule has 0 saturated carbocycles. The number of ether oxygens (including phenoxy) is 1. The number of aromatic nitrogens is 3. The SMILES string of the molecule is CCS(=O)(=O)c1c(N2Cc3ncc(C(F)(F)F)cc3C2=O)nc(OCC(F)(F)F)n1C. The first-order valence-electron chi connectivity index (χ1n) is 8.52. The number of pyridine rings is 1. The van der Waals surface area contributed by atoms with Gasteiger partial charge in [-0.25, -0.2) is 8.42 Å². The smallest absolute Gasteiger partial charge is 0.422 e. The van der Waals surface area contributed by atoms with E-state index in [4.69, 9.17) is 0 Å². The number of rotatable bonds is 5. The Morgan fingerprint density at radius 1 is 1.19 bits per heavy atom.